The molecule has 6 heteroatoms. The number of benzene rings is 1. The molecule has 1 unspecified atom stereocenters. The molecule has 1 amide bonds. The number of para-hydroxylation sites is 1. The Bertz CT molecular complexity index is 427. The van der Waals surface area contributed by atoms with E-state index >= 15 is 0 Å². The number of alkyl halides is 2. The molecule has 0 aliphatic heterocycles. The molecule has 0 saturated heterocycles. The van der Waals surface area contributed by atoms with Crippen LogP contribution >= 0.6 is 0 Å². The van der Waals surface area contributed by atoms with Crippen molar-refractivity contribution in [2.24, 2.45) is 5.73 Å². The molecular weight excluding hydrogens is 266 g/mol. The normalized spacial score (nSPS) is 12.2. The van der Waals surface area contributed by atoms with E-state index in [0.29, 0.717) is 12.0 Å². The highest BCUT2D eigenvalue weighted by Crippen LogP contribution is 2.19. The molecule has 0 radical (unpaired) electrons. The maximum Gasteiger partial charge on any atom is 0.387 e. The minimum Gasteiger partial charge on any atom is -0.434 e. The fourth-order valence-corrected chi connectivity index (χ4v) is 1.73. The van der Waals surface area contributed by atoms with Crippen molar-refractivity contribution in [3.63, 3.8) is 0 Å². The summed E-state index contributed by atoms with van der Waals surface area (Å²) in [5.74, 6) is -0.227. The molecule has 20 heavy (non-hydrogen) atoms. The average molecular weight is 286 g/mol. The largest absolute Gasteiger partial charge is 0.434 e. The summed E-state index contributed by atoms with van der Waals surface area (Å²) in [5.41, 5.74) is 6.21. The Hall–Kier alpha value is -1.69. The Balaban J connectivity index is 2.54. The van der Waals surface area contributed by atoms with Crippen molar-refractivity contribution < 1.29 is 18.3 Å². The summed E-state index contributed by atoms with van der Waals surface area (Å²) in [6, 6.07) is 5.77. The van der Waals surface area contributed by atoms with E-state index in [0.717, 1.165) is 12.8 Å². The number of carbonyl (C=O) groups excluding carboxylic acids is 1. The lowest BCUT2D eigenvalue weighted by atomic mass is 10.1. The molecule has 0 heterocycles. The standard InChI is InChI=1S/C14H20F2N2O2/c1-2-3-7-11(17)13(19)18-9-10-6-4-5-8-12(10)20-14(15)16/h4-6,8,11,14H,2-3,7,9,17H2,1H3,(H,18,19). The maximum atomic E-state index is 12.2. The molecule has 0 saturated carbocycles. The van der Waals surface area contributed by atoms with Gasteiger partial charge in [0.25, 0.3) is 0 Å². The molecule has 0 aliphatic carbocycles. The highest BCUT2D eigenvalue weighted by molar-refractivity contribution is 5.81. The summed E-state index contributed by atoms with van der Waals surface area (Å²) in [6.45, 7) is -0.761. The summed E-state index contributed by atoms with van der Waals surface area (Å²) in [7, 11) is 0. The van der Waals surface area contributed by atoms with Crippen molar-refractivity contribution in [2.45, 2.75) is 45.4 Å². The third kappa shape index (κ3) is 5.52. The van der Waals surface area contributed by atoms with Crippen LogP contribution in [0.3, 0.4) is 0 Å². The Morgan fingerprint density at radius 2 is 2.10 bits per heavy atom. The fourth-order valence-electron chi connectivity index (χ4n) is 1.73. The molecule has 3 N–H and O–H groups in total. The van der Waals surface area contributed by atoms with Gasteiger partial charge in [0.15, 0.2) is 0 Å². The van der Waals surface area contributed by atoms with Crippen molar-refractivity contribution in [1.29, 1.82) is 0 Å². The molecule has 0 spiro atoms. The number of halogens is 2. The zero-order valence-electron chi connectivity index (χ0n) is 11.4. The van der Waals surface area contributed by atoms with Gasteiger partial charge in [-0.3, -0.25) is 4.79 Å². The average Bonchev–Trinajstić information content (AvgIpc) is 2.42. The number of ether oxygens (including phenoxy) is 1. The monoisotopic (exact) mass is 286 g/mol. The predicted octanol–water partition coefficient (Wildman–Crippen LogP) is 2.42. The minimum absolute atomic E-state index is 0.0601. The molecule has 1 aromatic carbocycles. The first kappa shape index (κ1) is 16.4. The van der Waals surface area contributed by atoms with Crippen LogP contribution in [-0.4, -0.2) is 18.6 Å². The lowest BCUT2D eigenvalue weighted by Crippen LogP contribution is -2.40. The molecule has 0 aromatic heterocycles. The van der Waals surface area contributed by atoms with Crippen molar-refractivity contribution in [3.8, 4) is 5.75 Å². The van der Waals surface area contributed by atoms with Crippen LogP contribution < -0.4 is 15.8 Å². The van der Waals surface area contributed by atoms with Gasteiger partial charge in [0.2, 0.25) is 5.91 Å². The molecule has 1 aromatic rings. The van der Waals surface area contributed by atoms with Gasteiger partial charge in [-0.05, 0) is 12.5 Å². The second-order valence-corrected chi connectivity index (χ2v) is 4.45. The lowest BCUT2D eigenvalue weighted by Gasteiger charge is -2.14. The van der Waals surface area contributed by atoms with Crippen LogP contribution in [0.1, 0.15) is 31.7 Å². The Morgan fingerprint density at radius 1 is 1.40 bits per heavy atom. The first-order valence-corrected chi connectivity index (χ1v) is 6.60. The first-order valence-electron chi connectivity index (χ1n) is 6.60. The van der Waals surface area contributed by atoms with E-state index in [1.807, 2.05) is 6.92 Å². The van der Waals surface area contributed by atoms with E-state index in [2.05, 4.69) is 10.1 Å². The molecule has 0 aliphatic rings. The third-order valence-electron chi connectivity index (χ3n) is 2.85. The second-order valence-electron chi connectivity index (χ2n) is 4.45. The van der Waals surface area contributed by atoms with Crippen molar-refractivity contribution in [3.05, 3.63) is 29.8 Å². The number of amides is 1. The number of hydrogen-bond donors (Lipinski definition) is 2. The van der Waals surface area contributed by atoms with Crippen molar-refractivity contribution >= 4 is 5.91 Å². The summed E-state index contributed by atoms with van der Waals surface area (Å²) in [4.78, 5) is 11.7. The van der Waals surface area contributed by atoms with E-state index in [1.165, 1.54) is 6.07 Å². The van der Waals surface area contributed by atoms with Gasteiger partial charge in [0, 0.05) is 12.1 Å². The number of hydrogen-bond acceptors (Lipinski definition) is 3. The Morgan fingerprint density at radius 3 is 2.75 bits per heavy atom. The number of nitrogens with one attached hydrogen (secondary N) is 1. The summed E-state index contributed by atoms with van der Waals surface area (Å²) < 4.78 is 28.9. The molecule has 112 valence electrons. The molecule has 1 atom stereocenters. The van der Waals surface area contributed by atoms with Crippen molar-refractivity contribution in [2.75, 3.05) is 0 Å². The third-order valence-corrected chi connectivity index (χ3v) is 2.85. The van der Waals surface area contributed by atoms with Crippen LogP contribution in [0.2, 0.25) is 0 Å². The summed E-state index contributed by atoms with van der Waals surface area (Å²) >= 11 is 0. The highest BCUT2D eigenvalue weighted by Gasteiger charge is 2.14. The van der Waals surface area contributed by atoms with Gasteiger partial charge in [-0.2, -0.15) is 8.78 Å². The SMILES string of the molecule is CCCCC(N)C(=O)NCc1ccccc1OC(F)F. The zero-order valence-corrected chi connectivity index (χ0v) is 11.4. The fraction of sp³-hybridized carbons (Fsp3) is 0.500. The smallest absolute Gasteiger partial charge is 0.387 e. The molecule has 1 rings (SSSR count). The number of nitrogens with two attached hydrogens (primary N) is 1. The topological polar surface area (TPSA) is 64.4 Å². The van der Waals surface area contributed by atoms with E-state index in [1.54, 1.807) is 18.2 Å². The highest BCUT2D eigenvalue weighted by atomic mass is 19.3. The lowest BCUT2D eigenvalue weighted by molar-refractivity contribution is -0.122. The van der Waals surface area contributed by atoms with Gasteiger partial charge in [-0.1, -0.05) is 38.0 Å². The zero-order chi connectivity index (χ0) is 15.0. The maximum absolute atomic E-state index is 12.2. The predicted molar refractivity (Wildman–Crippen MR) is 72.4 cm³/mol. The van der Waals surface area contributed by atoms with Crippen LogP contribution in [0.15, 0.2) is 24.3 Å². The Labute approximate surface area is 117 Å². The molecule has 4 nitrogen and oxygen atoms in total. The van der Waals surface area contributed by atoms with Gasteiger partial charge in [-0.15, -0.1) is 0 Å². The quantitative estimate of drug-likeness (QED) is 0.771. The van der Waals surface area contributed by atoms with E-state index in [9.17, 15) is 13.6 Å². The van der Waals surface area contributed by atoms with Crippen LogP contribution in [0.25, 0.3) is 0 Å². The van der Waals surface area contributed by atoms with E-state index in [4.69, 9.17) is 5.73 Å². The van der Waals surface area contributed by atoms with Crippen LogP contribution in [-0.2, 0) is 11.3 Å². The van der Waals surface area contributed by atoms with E-state index in [-0.39, 0.29) is 18.2 Å². The minimum atomic E-state index is -2.89. The summed E-state index contributed by atoms with van der Waals surface area (Å²) in [5, 5.41) is 2.63. The molecular formula is C14H20F2N2O2. The number of rotatable bonds is 8. The first-order chi connectivity index (χ1) is 9.54. The number of unbranched alkanes of at least 4 members (excludes halogenated alkanes) is 1. The van der Waals surface area contributed by atoms with Crippen molar-refractivity contribution in [1.82, 2.24) is 5.32 Å². The van der Waals surface area contributed by atoms with Gasteiger partial charge in [-0.25, -0.2) is 0 Å². The van der Waals surface area contributed by atoms with Crippen LogP contribution in [0.5, 0.6) is 5.75 Å². The Kier molecular flexibility index (Phi) is 6.93. The number of carbonyl (C=O) groups is 1. The van der Waals surface area contributed by atoms with Crippen LogP contribution in [0.4, 0.5) is 8.78 Å². The summed E-state index contributed by atoms with van der Waals surface area (Å²) in [6.07, 6.45) is 2.45. The van der Waals surface area contributed by atoms with Gasteiger partial charge in [0.1, 0.15) is 5.75 Å². The van der Waals surface area contributed by atoms with Gasteiger partial charge in [0.05, 0.1) is 6.04 Å². The van der Waals surface area contributed by atoms with Gasteiger partial charge >= 0.3 is 6.61 Å². The van der Waals surface area contributed by atoms with Gasteiger partial charge < -0.3 is 15.8 Å². The molecule has 0 bridgehead atoms. The van der Waals surface area contributed by atoms with E-state index < -0.39 is 12.7 Å². The second kappa shape index (κ2) is 8.47. The molecule has 0 fully saturated rings. The van der Waals surface area contributed by atoms with Crippen LogP contribution in [0, 0.1) is 0 Å².